The maximum atomic E-state index is 11.6. The van der Waals surface area contributed by atoms with Gasteiger partial charge in [-0.1, -0.05) is 0 Å². The molecule has 0 fully saturated rings. The lowest BCUT2D eigenvalue weighted by molar-refractivity contribution is -0.143. The van der Waals surface area contributed by atoms with Crippen LogP contribution in [0.2, 0.25) is 0 Å². The number of nitrogens with zero attached hydrogens (tertiary/aromatic N) is 2. The Labute approximate surface area is 94.4 Å². The molecule has 5 nitrogen and oxygen atoms in total. The minimum Gasteiger partial charge on any atom is -0.466 e. The van der Waals surface area contributed by atoms with E-state index in [1.807, 2.05) is 6.92 Å². The van der Waals surface area contributed by atoms with Gasteiger partial charge in [-0.2, -0.15) is 5.10 Å². The second-order valence-electron chi connectivity index (χ2n) is 3.31. The fraction of sp³-hybridized carbons (Fsp3) is 0.545. The summed E-state index contributed by atoms with van der Waals surface area (Å²) in [5.41, 5.74) is 0.547. The quantitative estimate of drug-likeness (QED) is 0.541. The molecule has 0 unspecified atom stereocenters. The Kier molecular flexibility index (Phi) is 4.69. The third-order valence-electron chi connectivity index (χ3n) is 2.14. The van der Waals surface area contributed by atoms with Crippen LogP contribution in [-0.4, -0.2) is 28.1 Å². The van der Waals surface area contributed by atoms with Gasteiger partial charge in [-0.25, -0.2) is 0 Å². The zero-order chi connectivity index (χ0) is 12.0. The second kappa shape index (κ2) is 6.05. The molecule has 0 atom stereocenters. The van der Waals surface area contributed by atoms with E-state index in [1.54, 1.807) is 17.8 Å². The molecule has 0 radical (unpaired) electrons. The van der Waals surface area contributed by atoms with E-state index in [4.69, 9.17) is 4.74 Å². The molecule has 0 aromatic carbocycles. The highest BCUT2D eigenvalue weighted by Gasteiger charge is 2.11. The maximum absolute atomic E-state index is 11.6. The lowest BCUT2D eigenvalue weighted by atomic mass is 10.1. The van der Waals surface area contributed by atoms with Gasteiger partial charge in [0.15, 0.2) is 5.78 Å². The Bertz CT molecular complexity index is 371. The number of rotatable bonds is 6. The zero-order valence-corrected chi connectivity index (χ0v) is 9.60. The van der Waals surface area contributed by atoms with E-state index < -0.39 is 0 Å². The van der Waals surface area contributed by atoms with Crippen molar-refractivity contribution in [2.45, 2.75) is 33.2 Å². The molecular weight excluding hydrogens is 208 g/mol. The van der Waals surface area contributed by atoms with Crippen molar-refractivity contribution < 1.29 is 14.3 Å². The van der Waals surface area contributed by atoms with Crippen LogP contribution in [0.1, 0.15) is 37.0 Å². The van der Waals surface area contributed by atoms with Crippen LogP contribution in [0.15, 0.2) is 12.4 Å². The van der Waals surface area contributed by atoms with Gasteiger partial charge in [-0.05, 0) is 13.8 Å². The Morgan fingerprint density at radius 2 is 2.12 bits per heavy atom. The Balaban J connectivity index is 2.43. The van der Waals surface area contributed by atoms with E-state index in [0.717, 1.165) is 6.54 Å². The molecule has 5 heteroatoms. The van der Waals surface area contributed by atoms with Crippen molar-refractivity contribution in [2.75, 3.05) is 6.61 Å². The first-order valence-electron chi connectivity index (χ1n) is 5.38. The fourth-order valence-corrected chi connectivity index (χ4v) is 1.27. The molecule has 0 saturated heterocycles. The molecule has 0 aliphatic heterocycles. The molecule has 0 amide bonds. The van der Waals surface area contributed by atoms with Gasteiger partial charge in [0.05, 0.1) is 24.8 Å². The predicted molar refractivity (Wildman–Crippen MR) is 58.1 cm³/mol. The molecule has 0 aliphatic rings. The number of ketones is 1. The largest absolute Gasteiger partial charge is 0.466 e. The number of carbonyl (C=O) groups is 2. The average Bonchev–Trinajstić information content (AvgIpc) is 2.75. The van der Waals surface area contributed by atoms with Crippen LogP contribution >= 0.6 is 0 Å². The summed E-state index contributed by atoms with van der Waals surface area (Å²) in [4.78, 5) is 22.7. The first-order chi connectivity index (χ1) is 7.67. The molecule has 0 spiro atoms. The van der Waals surface area contributed by atoms with E-state index in [2.05, 4.69) is 5.10 Å². The summed E-state index contributed by atoms with van der Waals surface area (Å²) >= 11 is 0. The fourth-order valence-electron chi connectivity index (χ4n) is 1.27. The van der Waals surface area contributed by atoms with Gasteiger partial charge < -0.3 is 4.74 Å². The predicted octanol–water partition coefficient (Wildman–Crippen LogP) is 1.43. The number of Topliss-reactive ketones (excluding diaryl/α,β-unsaturated/α-hetero) is 1. The highest BCUT2D eigenvalue weighted by Crippen LogP contribution is 2.05. The van der Waals surface area contributed by atoms with Crippen LogP contribution < -0.4 is 0 Å². The van der Waals surface area contributed by atoms with Crippen LogP contribution in [0.25, 0.3) is 0 Å². The van der Waals surface area contributed by atoms with Gasteiger partial charge in [0.2, 0.25) is 0 Å². The molecule has 0 N–H and O–H groups in total. The lowest BCUT2D eigenvalue weighted by Crippen LogP contribution is -2.07. The lowest BCUT2D eigenvalue weighted by Gasteiger charge is -1.99. The van der Waals surface area contributed by atoms with E-state index >= 15 is 0 Å². The average molecular weight is 224 g/mol. The highest BCUT2D eigenvalue weighted by molar-refractivity contribution is 5.97. The molecule has 1 heterocycles. The van der Waals surface area contributed by atoms with Gasteiger partial charge in [0.25, 0.3) is 0 Å². The topological polar surface area (TPSA) is 61.2 Å². The van der Waals surface area contributed by atoms with E-state index in [-0.39, 0.29) is 24.6 Å². The van der Waals surface area contributed by atoms with Crippen molar-refractivity contribution >= 4 is 11.8 Å². The smallest absolute Gasteiger partial charge is 0.306 e. The van der Waals surface area contributed by atoms with Crippen molar-refractivity contribution in [1.82, 2.24) is 9.78 Å². The Morgan fingerprint density at radius 3 is 2.69 bits per heavy atom. The minimum absolute atomic E-state index is 0.0762. The van der Waals surface area contributed by atoms with Crippen molar-refractivity contribution in [1.29, 1.82) is 0 Å². The number of hydrogen-bond donors (Lipinski definition) is 0. The van der Waals surface area contributed by atoms with Crippen molar-refractivity contribution in [3.05, 3.63) is 18.0 Å². The third kappa shape index (κ3) is 3.49. The summed E-state index contributed by atoms with van der Waals surface area (Å²) in [7, 11) is 0. The first kappa shape index (κ1) is 12.4. The number of esters is 1. The zero-order valence-electron chi connectivity index (χ0n) is 9.60. The number of hydrogen-bond acceptors (Lipinski definition) is 4. The number of ether oxygens (including phenoxy) is 1. The van der Waals surface area contributed by atoms with Crippen molar-refractivity contribution in [3.8, 4) is 0 Å². The van der Waals surface area contributed by atoms with Crippen molar-refractivity contribution in [3.63, 3.8) is 0 Å². The van der Waals surface area contributed by atoms with Crippen LogP contribution in [-0.2, 0) is 16.1 Å². The summed E-state index contributed by atoms with van der Waals surface area (Å²) in [5, 5.41) is 4.00. The minimum atomic E-state index is -0.335. The van der Waals surface area contributed by atoms with Gasteiger partial charge in [0, 0.05) is 19.2 Å². The molecule has 1 aromatic heterocycles. The molecule has 1 rings (SSSR count). The summed E-state index contributed by atoms with van der Waals surface area (Å²) in [6, 6.07) is 0. The Hall–Kier alpha value is -1.65. The summed E-state index contributed by atoms with van der Waals surface area (Å²) in [5.74, 6) is -0.411. The van der Waals surface area contributed by atoms with Crippen LogP contribution in [0.4, 0.5) is 0 Å². The van der Waals surface area contributed by atoms with Crippen molar-refractivity contribution in [2.24, 2.45) is 0 Å². The van der Waals surface area contributed by atoms with Gasteiger partial charge >= 0.3 is 5.97 Å². The summed E-state index contributed by atoms with van der Waals surface area (Å²) in [6.45, 7) is 4.76. The van der Waals surface area contributed by atoms with Gasteiger partial charge in [-0.15, -0.1) is 0 Å². The first-order valence-corrected chi connectivity index (χ1v) is 5.38. The number of aromatic nitrogens is 2. The molecule has 0 saturated carbocycles. The van der Waals surface area contributed by atoms with E-state index in [1.165, 1.54) is 6.20 Å². The molecule has 88 valence electrons. The number of carbonyl (C=O) groups excluding carboxylic acids is 2. The number of aryl methyl sites for hydroxylation is 1. The molecule has 16 heavy (non-hydrogen) atoms. The SMILES string of the molecule is CCOC(=O)CCC(=O)c1cnn(CC)c1. The van der Waals surface area contributed by atoms with Crippen LogP contribution in [0.3, 0.4) is 0 Å². The Morgan fingerprint density at radius 1 is 1.38 bits per heavy atom. The molecule has 0 aliphatic carbocycles. The molecular formula is C11H16N2O3. The molecule has 1 aromatic rings. The monoisotopic (exact) mass is 224 g/mol. The van der Waals surface area contributed by atoms with E-state index in [0.29, 0.717) is 12.2 Å². The second-order valence-corrected chi connectivity index (χ2v) is 3.31. The van der Waals surface area contributed by atoms with Crippen LogP contribution in [0.5, 0.6) is 0 Å². The third-order valence-corrected chi connectivity index (χ3v) is 2.14. The summed E-state index contributed by atoms with van der Waals surface area (Å²) in [6.07, 6.45) is 3.52. The molecule has 0 bridgehead atoms. The van der Waals surface area contributed by atoms with Gasteiger partial charge in [-0.3, -0.25) is 14.3 Å². The highest BCUT2D eigenvalue weighted by atomic mass is 16.5. The maximum Gasteiger partial charge on any atom is 0.306 e. The van der Waals surface area contributed by atoms with Crippen LogP contribution in [0, 0.1) is 0 Å². The summed E-state index contributed by atoms with van der Waals surface area (Å²) < 4.78 is 6.42. The van der Waals surface area contributed by atoms with E-state index in [9.17, 15) is 9.59 Å². The standard InChI is InChI=1S/C11H16N2O3/c1-3-13-8-9(7-12-13)10(14)5-6-11(15)16-4-2/h7-8H,3-6H2,1-2H3. The van der Waals surface area contributed by atoms with Gasteiger partial charge in [0.1, 0.15) is 0 Å². The normalized spacial score (nSPS) is 10.1.